The van der Waals surface area contributed by atoms with E-state index in [1.54, 1.807) is 23.6 Å². The zero-order valence-corrected chi connectivity index (χ0v) is 24.1. The number of halogens is 1. The minimum Gasteiger partial charge on any atom is -0.493 e. The first-order chi connectivity index (χ1) is 19.5. The molecule has 1 aliphatic heterocycles. The number of ether oxygens (including phenoxy) is 2. The third kappa shape index (κ3) is 6.11. The van der Waals surface area contributed by atoms with Crippen LogP contribution in [0.25, 0.3) is 0 Å². The highest BCUT2D eigenvalue weighted by Crippen LogP contribution is 2.40. The molecule has 0 saturated heterocycles. The average Bonchev–Trinajstić information content (AvgIpc) is 3.37. The number of anilines is 2. The average molecular weight is 576 g/mol. The number of nitrogens with zero attached hydrogens (tertiary/aromatic N) is 3. The van der Waals surface area contributed by atoms with E-state index in [1.807, 2.05) is 79.7 Å². The molecule has 1 aromatic heterocycles. The van der Waals surface area contributed by atoms with Gasteiger partial charge in [0.15, 0.2) is 11.5 Å². The van der Waals surface area contributed by atoms with E-state index >= 15 is 0 Å². The van der Waals surface area contributed by atoms with Crippen molar-refractivity contribution in [3.05, 3.63) is 100 Å². The largest absolute Gasteiger partial charge is 0.493 e. The molecule has 0 aliphatic carbocycles. The normalized spacial score (nSPS) is 14.3. The Labute approximate surface area is 242 Å². The van der Waals surface area contributed by atoms with Crippen molar-refractivity contribution in [1.82, 2.24) is 14.8 Å². The number of methoxy groups -OCH3 is 1. The van der Waals surface area contributed by atoms with Crippen LogP contribution in [0.3, 0.4) is 0 Å². The van der Waals surface area contributed by atoms with E-state index in [9.17, 15) is 4.79 Å². The fraction of sp³-hybridized carbons (Fsp3) is 0.233. The second-order valence-corrected chi connectivity index (χ2v) is 10.7. The first kappa shape index (κ1) is 27.6. The molecule has 0 bridgehead atoms. The standard InChI is InChI=1S/C30H30ClN5O3S/c1-4-15-40-30-34-29-32-19(2)26(28(37)33-23-11-6-5-7-12-23)27(36(29)35-30)21-13-14-24(25(17-21)38-3)39-18-20-9-8-10-22(31)16-20/h5-14,16-17,27H,4,15,18H2,1-3H3,(H,33,37)(H,32,34,35). The summed E-state index contributed by atoms with van der Waals surface area (Å²) < 4.78 is 13.6. The number of hydrogen-bond acceptors (Lipinski definition) is 7. The third-order valence-electron chi connectivity index (χ3n) is 6.33. The van der Waals surface area contributed by atoms with Gasteiger partial charge in [0.05, 0.1) is 12.7 Å². The lowest BCUT2D eigenvalue weighted by atomic mass is 9.94. The van der Waals surface area contributed by atoms with Gasteiger partial charge in [-0.1, -0.05) is 66.7 Å². The maximum Gasteiger partial charge on any atom is 0.255 e. The van der Waals surface area contributed by atoms with Crippen molar-refractivity contribution in [3.63, 3.8) is 0 Å². The van der Waals surface area contributed by atoms with Crippen LogP contribution in [0.5, 0.6) is 11.5 Å². The number of hydrogen-bond donors (Lipinski definition) is 2. The SMILES string of the molecule is CCCSc1nc2n(n1)C(c1ccc(OCc3cccc(Cl)c3)c(OC)c1)C(C(=O)Nc1ccccc1)=C(C)N2. The maximum atomic E-state index is 13.7. The van der Waals surface area contributed by atoms with E-state index < -0.39 is 6.04 Å². The Morgan fingerprint density at radius 2 is 1.93 bits per heavy atom. The van der Waals surface area contributed by atoms with E-state index in [-0.39, 0.29) is 5.91 Å². The van der Waals surface area contributed by atoms with E-state index in [4.69, 9.17) is 31.2 Å². The Kier molecular flexibility index (Phi) is 8.62. The number of thioether (sulfide) groups is 1. The lowest BCUT2D eigenvalue weighted by Crippen LogP contribution is -2.31. The highest BCUT2D eigenvalue weighted by molar-refractivity contribution is 7.99. The van der Waals surface area contributed by atoms with Gasteiger partial charge in [0.1, 0.15) is 12.6 Å². The van der Waals surface area contributed by atoms with E-state index in [0.29, 0.717) is 51.2 Å². The molecule has 1 atom stereocenters. The van der Waals surface area contributed by atoms with Crippen LogP contribution in [0.15, 0.2) is 89.2 Å². The molecule has 0 saturated carbocycles. The summed E-state index contributed by atoms with van der Waals surface area (Å²) in [6.07, 6.45) is 1.00. The predicted molar refractivity (Wildman–Crippen MR) is 159 cm³/mol. The Morgan fingerprint density at radius 1 is 1.10 bits per heavy atom. The highest BCUT2D eigenvalue weighted by atomic mass is 35.5. The van der Waals surface area contributed by atoms with Crippen LogP contribution in [-0.4, -0.2) is 33.5 Å². The van der Waals surface area contributed by atoms with E-state index in [0.717, 1.165) is 23.3 Å². The minimum absolute atomic E-state index is 0.231. The van der Waals surface area contributed by atoms with Crippen LogP contribution < -0.4 is 20.1 Å². The second kappa shape index (κ2) is 12.5. The molecule has 1 unspecified atom stereocenters. The summed E-state index contributed by atoms with van der Waals surface area (Å²) >= 11 is 7.71. The fourth-order valence-corrected chi connectivity index (χ4v) is 5.37. The van der Waals surface area contributed by atoms with Crippen molar-refractivity contribution in [2.75, 3.05) is 23.5 Å². The fourth-order valence-electron chi connectivity index (χ4n) is 4.47. The van der Waals surface area contributed by atoms with Gasteiger partial charge in [-0.05, 0) is 60.9 Å². The monoisotopic (exact) mass is 575 g/mol. The Hall–Kier alpha value is -3.95. The minimum atomic E-state index is -0.542. The van der Waals surface area contributed by atoms with E-state index in [1.165, 1.54) is 0 Å². The number of benzene rings is 3. The molecular formula is C30H30ClN5O3S. The molecule has 2 heterocycles. The Balaban J connectivity index is 1.51. The number of carbonyl (C=O) groups excluding carboxylic acids is 1. The number of nitrogens with one attached hydrogen (secondary N) is 2. The Bertz CT molecular complexity index is 1540. The van der Waals surface area contributed by atoms with Gasteiger partial charge in [0.2, 0.25) is 11.1 Å². The molecule has 1 amide bonds. The zero-order valence-electron chi connectivity index (χ0n) is 22.5. The molecule has 10 heteroatoms. The van der Waals surface area contributed by atoms with Crippen LogP contribution in [0, 0.1) is 0 Å². The van der Waals surface area contributed by atoms with Crippen LogP contribution in [0.1, 0.15) is 37.4 Å². The number of rotatable bonds is 10. The molecule has 206 valence electrons. The summed E-state index contributed by atoms with van der Waals surface area (Å²) in [5.41, 5.74) is 3.69. The first-order valence-electron chi connectivity index (χ1n) is 13.0. The van der Waals surface area contributed by atoms with Gasteiger partial charge in [-0.2, -0.15) is 4.98 Å². The molecule has 4 aromatic rings. The van der Waals surface area contributed by atoms with Gasteiger partial charge in [-0.25, -0.2) is 4.68 Å². The summed E-state index contributed by atoms with van der Waals surface area (Å²) in [7, 11) is 1.60. The topological polar surface area (TPSA) is 90.3 Å². The quantitative estimate of drug-likeness (QED) is 0.198. The summed E-state index contributed by atoms with van der Waals surface area (Å²) in [6.45, 7) is 4.33. The molecule has 2 N–H and O–H groups in total. The molecule has 3 aromatic carbocycles. The van der Waals surface area contributed by atoms with Crippen LogP contribution in [0.2, 0.25) is 5.02 Å². The number of para-hydroxylation sites is 1. The molecule has 1 aliphatic rings. The molecule has 5 rings (SSSR count). The van der Waals surface area contributed by atoms with Crippen molar-refractivity contribution in [2.24, 2.45) is 0 Å². The summed E-state index contributed by atoms with van der Waals surface area (Å²) in [6, 6.07) is 22.0. The van der Waals surface area contributed by atoms with Gasteiger partial charge >= 0.3 is 0 Å². The van der Waals surface area contributed by atoms with Crippen LogP contribution >= 0.6 is 23.4 Å². The van der Waals surface area contributed by atoms with Crippen molar-refractivity contribution in [2.45, 2.75) is 38.1 Å². The molecule has 8 nitrogen and oxygen atoms in total. The number of carbonyl (C=O) groups is 1. The van der Waals surface area contributed by atoms with Crippen molar-refractivity contribution >= 4 is 40.9 Å². The van der Waals surface area contributed by atoms with Crippen LogP contribution in [-0.2, 0) is 11.4 Å². The first-order valence-corrected chi connectivity index (χ1v) is 14.3. The highest BCUT2D eigenvalue weighted by Gasteiger charge is 2.35. The summed E-state index contributed by atoms with van der Waals surface area (Å²) in [4.78, 5) is 18.4. The molecule has 0 fully saturated rings. The van der Waals surface area contributed by atoms with Gasteiger partial charge in [-0.15, -0.1) is 5.10 Å². The van der Waals surface area contributed by atoms with Crippen molar-refractivity contribution in [1.29, 1.82) is 0 Å². The summed E-state index contributed by atoms with van der Waals surface area (Å²) in [5.74, 6) is 2.37. The second-order valence-electron chi connectivity index (χ2n) is 9.23. The van der Waals surface area contributed by atoms with Gasteiger partial charge in [0.25, 0.3) is 5.91 Å². The van der Waals surface area contributed by atoms with Crippen LogP contribution in [0.4, 0.5) is 11.6 Å². The number of allylic oxidation sites excluding steroid dienone is 1. The van der Waals surface area contributed by atoms with Gasteiger partial charge in [-0.3, -0.25) is 4.79 Å². The lowest BCUT2D eigenvalue weighted by molar-refractivity contribution is -0.113. The number of aromatic nitrogens is 3. The van der Waals surface area contributed by atoms with Crippen molar-refractivity contribution < 1.29 is 14.3 Å². The predicted octanol–water partition coefficient (Wildman–Crippen LogP) is 6.95. The van der Waals surface area contributed by atoms with E-state index in [2.05, 4.69) is 17.6 Å². The zero-order chi connectivity index (χ0) is 28.1. The molecule has 40 heavy (non-hydrogen) atoms. The smallest absolute Gasteiger partial charge is 0.255 e. The lowest BCUT2D eigenvalue weighted by Gasteiger charge is -2.29. The van der Waals surface area contributed by atoms with Gasteiger partial charge < -0.3 is 20.1 Å². The number of amides is 1. The Morgan fingerprint density at radius 3 is 2.67 bits per heavy atom. The van der Waals surface area contributed by atoms with Crippen molar-refractivity contribution in [3.8, 4) is 11.5 Å². The maximum absolute atomic E-state index is 13.7. The summed E-state index contributed by atoms with van der Waals surface area (Å²) in [5, 5.41) is 12.4. The number of fused-ring (bicyclic) bond motifs is 1. The third-order valence-corrected chi connectivity index (χ3v) is 7.61. The van der Waals surface area contributed by atoms with Gasteiger partial charge in [0, 0.05) is 22.2 Å². The molecular weight excluding hydrogens is 546 g/mol. The molecule has 0 spiro atoms. The molecule has 0 radical (unpaired) electrons.